The fourth-order valence-electron chi connectivity index (χ4n) is 5.99. The molecule has 0 aliphatic rings. The zero-order valence-corrected chi connectivity index (χ0v) is 25.4. The van der Waals surface area contributed by atoms with Crippen molar-refractivity contribution in [2.45, 2.75) is 46.5 Å². The van der Waals surface area contributed by atoms with Crippen LogP contribution in [0.15, 0.2) is 99.5 Å². The Balaban J connectivity index is 1.41. The third-order valence-corrected chi connectivity index (χ3v) is 9.52. The minimum Gasteiger partial charge on any atom is -0.0859 e. The van der Waals surface area contributed by atoms with Gasteiger partial charge in [-0.3, -0.25) is 0 Å². The molecule has 0 amide bonds. The van der Waals surface area contributed by atoms with E-state index >= 15 is 0 Å². The van der Waals surface area contributed by atoms with Gasteiger partial charge in [-0.05, 0) is 123 Å². The molecular weight excluding hydrogens is 592 g/mol. The normalized spacial score (nSPS) is 12.7. The lowest BCUT2D eigenvalue weighted by atomic mass is 9.87. The van der Waals surface area contributed by atoms with Crippen molar-refractivity contribution >= 4 is 74.9 Å². The number of benzene rings is 6. The summed E-state index contributed by atoms with van der Waals surface area (Å²) in [5.41, 5.74) is 5.36. The van der Waals surface area contributed by atoms with Crippen molar-refractivity contribution in [2.75, 3.05) is 0 Å². The molecule has 0 aromatic heterocycles. The molecule has 0 bridgehead atoms. The summed E-state index contributed by atoms with van der Waals surface area (Å²) in [5, 5.41) is 10.4. The second kappa shape index (κ2) is 10.5. The van der Waals surface area contributed by atoms with E-state index in [-0.39, 0.29) is 0 Å². The van der Waals surface area contributed by atoms with Crippen molar-refractivity contribution in [1.82, 2.24) is 0 Å². The van der Waals surface area contributed by atoms with E-state index in [4.69, 9.17) is 0 Å². The molecule has 6 aromatic rings. The molecule has 0 unspecified atom stereocenters. The molecular formula is C36H32Br2. The van der Waals surface area contributed by atoms with Crippen molar-refractivity contribution in [3.63, 3.8) is 0 Å². The third-order valence-electron chi connectivity index (χ3n) is 8.04. The van der Waals surface area contributed by atoms with Crippen molar-refractivity contribution in [2.24, 2.45) is 5.92 Å². The summed E-state index contributed by atoms with van der Waals surface area (Å²) in [6.45, 7) is 6.76. The van der Waals surface area contributed by atoms with E-state index in [1.54, 1.807) is 0 Å². The molecule has 0 saturated carbocycles. The van der Waals surface area contributed by atoms with Crippen LogP contribution in [0, 0.1) is 5.92 Å². The number of halogens is 2. The van der Waals surface area contributed by atoms with Gasteiger partial charge in [0.1, 0.15) is 0 Å². The average Bonchev–Trinajstić information content (AvgIpc) is 2.92. The first-order valence-electron chi connectivity index (χ1n) is 13.6. The van der Waals surface area contributed by atoms with Gasteiger partial charge in [0.2, 0.25) is 0 Å². The first-order valence-corrected chi connectivity index (χ1v) is 15.2. The third kappa shape index (κ3) is 4.56. The Hall–Kier alpha value is -2.68. The van der Waals surface area contributed by atoms with Gasteiger partial charge in [-0.25, -0.2) is 0 Å². The van der Waals surface area contributed by atoms with Gasteiger partial charge in [-0.15, -0.1) is 0 Å². The highest BCUT2D eigenvalue weighted by molar-refractivity contribution is 9.11. The van der Waals surface area contributed by atoms with E-state index in [0.29, 0.717) is 0 Å². The van der Waals surface area contributed by atoms with E-state index in [1.807, 2.05) is 0 Å². The summed E-state index contributed by atoms with van der Waals surface area (Å²) in [5.74, 6) is 0.743. The topological polar surface area (TPSA) is 0 Å². The fraction of sp³-hybridized carbons (Fsp3) is 0.222. The van der Waals surface area contributed by atoms with E-state index in [1.165, 1.54) is 89.1 Å². The van der Waals surface area contributed by atoms with E-state index in [0.717, 1.165) is 16.8 Å². The van der Waals surface area contributed by atoms with Gasteiger partial charge in [0, 0.05) is 19.7 Å². The summed E-state index contributed by atoms with van der Waals surface area (Å²) >= 11 is 7.95. The number of hydrogen-bond donors (Lipinski definition) is 0. The molecule has 0 fully saturated rings. The largest absolute Gasteiger partial charge is 0.0859 e. The summed E-state index contributed by atoms with van der Waals surface area (Å²) in [6, 6.07) is 29.4. The summed E-state index contributed by atoms with van der Waals surface area (Å²) in [6.07, 6.45) is 7.20. The highest BCUT2D eigenvalue weighted by atomic mass is 79.9. The maximum Gasteiger partial charge on any atom is 0.0339 e. The molecule has 0 heterocycles. The second-order valence-corrected chi connectivity index (χ2v) is 12.7. The van der Waals surface area contributed by atoms with Crippen molar-refractivity contribution in [3.8, 4) is 11.1 Å². The van der Waals surface area contributed by atoms with Crippen LogP contribution in [0.5, 0.6) is 0 Å². The quantitative estimate of drug-likeness (QED) is 0.0942. The molecule has 0 aliphatic carbocycles. The van der Waals surface area contributed by atoms with E-state index in [9.17, 15) is 0 Å². The van der Waals surface area contributed by atoms with Crippen molar-refractivity contribution < 1.29 is 0 Å². The summed E-state index contributed by atoms with van der Waals surface area (Å²) < 4.78 is 2.33. The van der Waals surface area contributed by atoms with Crippen LogP contribution < -0.4 is 0 Å². The first-order chi connectivity index (χ1) is 18.4. The Morgan fingerprint density at radius 2 is 1.42 bits per heavy atom. The van der Waals surface area contributed by atoms with Gasteiger partial charge in [0.05, 0.1) is 0 Å². The van der Waals surface area contributed by atoms with Crippen molar-refractivity contribution in [3.05, 3.63) is 105 Å². The molecule has 38 heavy (non-hydrogen) atoms. The Bertz CT molecular complexity index is 1800. The maximum absolute atomic E-state index is 4.09. The lowest BCUT2D eigenvalue weighted by Crippen LogP contribution is -1.97. The fourth-order valence-corrected chi connectivity index (χ4v) is 7.29. The maximum atomic E-state index is 4.09. The number of hydrogen-bond acceptors (Lipinski definition) is 0. The van der Waals surface area contributed by atoms with Crippen LogP contribution in [0.1, 0.15) is 45.6 Å². The van der Waals surface area contributed by atoms with Crippen LogP contribution >= 0.6 is 31.9 Å². The molecule has 0 spiro atoms. The molecule has 0 radical (unpaired) electrons. The van der Waals surface area contributed by atoms with Crippen LogP contribution in [0.3, 0.4) is 0 Å². The zero-order chi connectivity index (χ0) is 26.4. The lowest BCUT2D eigenvalue weighted by molar-refractivity contribution is 0.497. The molecule has 6 aromatic carbocycles. The van der Waals surface area contributed by atoms with Gasteiger partial charge in [-0.1, -0.05) is 101 Å². The summed E-state index contributed by atoms with van der Waals surface area (Å²) in [4.78, 5) is 0. The Labute approximate surface area is 242 Å². The smallest absolute Gasteiger partial charge is 0.0339 e. The first kappa shape index (κ1) is 25.6. The molecule has 0 N–H and O–H groups in total. The predicted molar refractivity (Wildman–Crippen MR) is 175 cm³/mol. The molecule has 6 rings (SSSR count). The van der Waals surface area contributed by atoms with Crippen molar-refractivity contribution in [1.29, 1.82) is 0 Å². The standard InChI is InChI=1S/C36H32Br2/c1-22(2)7-4-8-23(3)13-14-24-15-17-25(18-16-24)30-21-27-10-6-11-28-33(27)35(36(30)38)29-12-5-9-26-19-20-31(37)34(28)32(26)29/h5-7,9-12,15-21,23H,4,8,13-14H2,1-3H3/t23-/m0/s1. The van der Waals surface area contributed by atoms with Crippen LogP contribution in [0.4, 0.5) is 0 Å². The van der Waals surface area contributed by atoms with Gasteiger partial charge in [0.15, 0.2) is 0 Å². The predicted octanol–water partition coefficient (Wildman–Crippen LogP) is 12.2. The molecule has 0 saturated heterocycles. The van der Waals surface area contributed by atoms with E-state index < -0.39 is 0 Å². The summed E-state index contributed by atoms with van der Waals surface area (Å²) in [7, 11) is 0. The minimum absolute atomic E-state index is 0.743. The number of aryl methyl sites for hydroxylation is 1. The van der Waals surface area contributed by atoms with E-state index in [2.05, 4.69) is 138 Å². The number of allylic oxidation sites excluding steroid dienone is 2. The number of rotatable bonds is 7. The SMILES string of the molecule is CC(C)=CCC[C@H](C)CCc1ccc(-c2cc3cccc4c5c(Br)ccc6cccc(c(c2Br)c34)c65)cc1. The highest BCUT2D eigenvalue weighted by Crippen LogP contribution is 2.47. The van der Waals surface area contributed by atoms with Crippen LogP contribution in [-0.2, 0) is 6.42 Å². The number of fused-ring (bicyclic) bond motifs is 2. The van der Waals surface area contributed by atoms with Gasteiger partial charge in [-0.2, -0.15) is 0 Å². The molecule has 0 nitrogen and oxygen atoms in total. The highest BCUT2D eigenvalue weighted by Gasteiger charge is 2.19. The Kier molecular flexibility index (Phi) is 7.05. The van der Waals surface area contributed by atoms with Gasteiger partial charge < -0.3 is 0 Å². The van der Waals surface area contributed by atoms with Gasteiger partial charge >= 0.3 is 0 Å². The molecule has 0 aliphatic heterocycles. The average molecular weight is 624 g/mol. The second-order valence-electron chi connectivity index (χ2n) is 11.0. The molecule has 1 atom stereocenters. The zero-order valence-electron chi connectivity index (χ0n) is 22.2. The lowest BCUT2D eigenvalue weighted by Gasteiger charge is -2.19. The van der Waals surface area contributed by atoms with Crippen LogP contribution in [0.2, 0.25) is 0 Å². The monoisotopic (exact) mass is 622 g/mol. The minimum atomic E-state index is 0.743. The van der Waals surface area contributed by atoms with Crippen LogP contribution in [-0.4, -0.2) is 0 Å². The molecule has 2 heteroatoms. The van der Waals surface area contributed by atoms with Crippen LogP contribution in [0.25, 0.3) is 54.2 Å². The Morgan fingerprint density at radius 3 is 2.16 bits per heavy atom. The van der Waals surface area contributed by atoms with Gasteiger partial charge in [0.25, 0.3) is 0 Å². The Morgan fingerprint density at radius 1 is 0.737 bits per heavy atom. The molecule has 190 valence electrons.